The Hall–Kier alpha value is -1.36. The number of nitrogen functional groups attached to an aromatic ring is 1. The average molecular weight is 196 g/mol. The Morgan fingerprint density at radius 2 is 2.29 bits per heavy atom. The molecule has 1 unspecified atom stereocenters. The van der Waals surface area contributed by atoms with E-state index < -0.39 is 0 Å². The van der Waals surface area contributed by atoms with Crippen molar-refractivity contribution in [3.05, 3.63) is 12.4 Å². The number of hydrogen-bond acceptors (Lipinski definition) is 5. The molecule has 0 aliphatic carbocycles. The second kappa shape index (κ2) is 5.39. The molecule has 0 aromatic carbocycles. The molecule has 0 amide bonds. The molecule has 0 aliphatic rings. The van der Waals surface area contributed by atoms with Crippen molar-refractivity contribution in [3.63, 3.8) is 0 Å². The predicted molar refractivity (Wildman–Crippen MR) is 56.0 cm³/mol. The first-order chi connectivity index (χ1) is 6.72. The van der Waals surface area contributed by atoms with E-state index in [0.29, 0.717) is 11.7 Å². The molecule has 14 heavy (non-hydrogen) atoms. The third kappa shape index (κ3) is 3.57. The van der Waals surface area contributed by atoms with E-state index in [1.165, 1.54) is 6.20 Å². The smallest absolute Gasteiger partial charge is 0.144 e. The summed E-state index contributed by atoms with van der Waals surface area (Å²) in [5.41, 5.74) is 5.41. The van der Waals surface area contributed by atoms with Gasteiger partial charge in [0.1, 0.15) is 11.6 Å². The van der Waals surface area contributed by atoms with Crippen molar-refractivity contribution in [2.75, 3.05) is 31.3 Å². The summed E-state index contributed by atoms with van der Waals surface area (Å²) in [4.78, 5) is 8.00. The molecule has 1 aromatic heterocycles. The molecule has 1 atom stereocenters. The summed E-state index contributed by atoms with van der Waals surface area (Å²) in [5.74, 6) is 1.61. The van der Waals surface area contributed by atoms with E-state index in [0.717, 1.165) is 19.0 Å². The second-order valence-electron chi connectivity index (χ2n) is 3.27. The lowest BCUT2D eigenvalue weighted by atomic mass is 10.2. The third-order valence-electron chi connectivity index (χ3n) is 1.75. The minimum atomic E-state index is 0.431. The van der Waals surface area contributed by atoms with Crippen molar-refractivity contribution in [1.29, 1.82) is 0 Å². The zero-order valence-corrected chi connectivity index (χ0v) is 8.53. The van der Waals surface area contributed by atoms with Crippen LogP contribution in [0.4, 0.5) is 11.6 Å². The lowest BCUT2D eigenvalue weighted by Gasteiger charge is -2.11. The SMILES string of the molecule is COCC(C)CNc1cnc(N)cn1. The van der Waals surface area contributed by atoms with Gasteiger partial charge in [0.05, 0.1) is 19.0 Å². The van der Waals surface area contributed by atoms with Crippen LogP contribution in [-0.4, -0.2) is 30.2 Å². The van der Waals surface area contributed by atoms with Gasteiger partial charge in [0, 0.05) is 13.7 Å². The lowest BCUT2D eigenvalue weighted by Crippen LogP contribution is -2.16. The maximum Gasteiger partial charge on any atom is 0.144 e. The van der Waals surface area contributed by atoms with Crippen LogP contribution in [0.2, 0.25) is 0 Å². The molecule has 1 heterocycles. The number of nitrogens with one attached hydrogen (secondary N) is 1. The summed E-state index contributed by atoms with van der Waals surface area (Å²) in [5, 5.41) is 3.15. The summed E-state index contributed by atoms with van der Waals surface area (Å²) >= 11 is 0. The number of rotatable bonds is 5. The van der Waals surface area contributed by atoms with Crippen LogP contribution in [0.15, 0.2) is 12.4 Å². The molecule has 0 saturated heterocycles. The number of hydrogen-bond donors (Lipinski definition) is 2. The molecule has 0 saturated carbocycles. The third-order valence-corrected chi connectivity index (χ3v) is 1.75. The fourth-order valence-corrected chi connectivity index (χ4v) is 1.05. The van der Waals surface area contributed by atoms with Crippen LogP contribution in [0.1, 0.15) is 6.92 Å². The summed E-state index contributed by atoms with van der Waals surface area (Å²) < 4.78 is 5.02. The van der Waals surface area contributed by atoms with E-state index in [9.17, 15) is 0 Å². The van der Waals surface area contributed by atoms with Crippen molar-refractivity contribution in [3.8, 4) is 0 Å². The Kier molecular flexibility index (Phi) is 4.12. The molecule has 0 fully saturated rings. The normalized spacial score (nSPS) is 12.4. The standard InChI is InChI=1S/C9H16N4O/c1-7(6-14-2)3-12-9-5-11-8(10)4-13-9/h4-5,7H,3,6H2,1-2H3,(H2,10,11)(H,12,13). The fourth-order valence-electron chi connectivity index (χ4n) is 1.05. The summed E-state index contributed by atoms with van der Waals surface area (Å²) in [6.07, 6.45) is 3.15. The number of ether oxygens (including phenoxy) is 1. The monoisotopic (exact) mass is 196 g/mol. The Bertz CT molecular complexity index is 262. The molecular formula is C9H16N4O. The number of aromatic nitrogens is 2. The minimum Gasteiger partial charge on any atom is -0.384 e. The van der Waals surface area contributed by atoms with E-state index in [1.807, 2.05) is 0 Å². The zero-order chi connectivity index (χ0) is 10.4. The van der Waals surface area contributed by atoms with Gasteiger partial charge >= 0.3 is 0 Å². The van der Waals surface area contributed by atoms with E-state index in [-0.39, 0.29) is 0 Å². The molecule has 5 nitrogen and oxygen atoms in total. The topological polar surface area (TPSA) is 73.1 Å². The van der Waals surface area contributed by atoms with Crippen LogP contribution in [-0.2, 0) is 4.74 Å². The van der Waals surface area contributed by atoms with Crippen molar-refractivity contribution < 1.29 is 4.74 Å². The summed E-state index contributed by atoms with van der Waals surface area (Å²) in [7, 11) is 1.69. The average Bonchev–Trinajstić information content (AvgIpc) is 2.17. The van der Waals surface area contributed by atoms with Crippen LogP contribution in [0.25, 0.3) is 0 Å². The van der Waals surface area contributed by atoms with Gasteiger partial charge < -0.3 is 15.8 Å². The Balaban J connectivity index is 2.34. The Morgan fingerprint density at radius 3 is 2.86 bits per heavy atom. The van der Waals surface area contributed by atoms with Gasteiger partial charge in [0.2, 0.25) is 0 Å². The minimum absolute atomic E-state index is 0.431. The van der Waals surface area contributed by atoms with Crippen molar-refractivity contribution in [2.45, 2.75) is 6.92 Å². The van der Waals surface area contributed by atoms with Crippen LogP contribution in [0.5, 0.6) is 0 Å². The van der Waals surface area contributed by atoms with Crippen LogP contribution in [0, 0.1) is 5.92 Å². The summed E-state index contributed by atoms with van der Waals surface area (Å²) in [6.45, 7) is 3.64. The van der Waals surface area contributed by atoms with Crippen LogP contribution < -0.4 is 11.1 Å². The van der Waals surface area contributed by atoms with Gasteiger partial charge in [-0.25, -0.2) is 9.97 Å². The highest BCUT2D eigenvalue weighted by molar-refractivity contribution is 5.35. The van der Waals surface area contributed by atoms with E-state index in [2.05, 4.69) is 22.2 Å². The molecule has 78 valence electrons. The quantitative estimate of drug-likeness (QED) is 0.727. The first kappa shape index (κ1) is 10.7. The van der Waals surface area contributed by atoms with E-state index in [1.54, 1.807) is 13.3 Å². The molecular weight excluding hydrogens is 180 g/mol. The maximum atomic E-state index is 5.41. The number of nitrogens with two attached hydrogens (primary N) is 1. The highest BCUT2D eigenvalue weighted by atomic mass is 16.5. The second-order valence-corrected chi connectivity index (χ2v) is 3.27. The van der Waals surface area contributed by atoms with Crippen LogP contribution in [0.3, 0.4) is 0 Å². The van der Waals surface area contributed by atoms with Gasteiger partial charge in [0.15, 0.2) is 0 Å². The van der Waals surface area contributed by atoms with Gasteiger partial charge in [-0.2, -0.15) is 0 Å². The van der Waals surface area contributed by atoms with Gasteiger partial charge in [0.25, 0.3) is 0 Å². The molecule has 0 bridgehead atoms. The first-order valence-corrected chi connectivity index (χ1v) is 4.52. The molecule has 1 rings (SSSR count). The molecule has 1 aromatic rings. The number of anilines is 2. The molecule has 0 spiro atoms. The first-order valence-electron chi connectivity index (χ1n) is 4.52. The number of methoxy groups -OCH3 is 1. The largest absolute Gasteiger partial charge is 0.384 e. The maximum absolute atomic E-state index is 5.41. The zero-order valence-electron chi connectivity index (χ0n) is 8.53. The van der Waals surface area contributed by atoms with Crippen LogP contribution >= 0.6 is 0 Å². The van der Waals surface area contributed by atoms with Crippen molar-refractivity contribution in [2.24, 2.45) is 5.92 Å². The number of nitrogens with zero attached hydrogens (tertiary/aromatic N) is 2. The highest BCUT2D eigenvalue weighted by Crippen LogP contribution is 2.03. The van der Waals surface area contributed by atoms with E-state index >= 15 is 0 Å². The molecule has 0 aliphatic heterocycles. The van der Waals surface area contributed by atoms with Gasteiger partial charge in [-0.1, -0.05) is 6.92 Å². The van der Waals surface area contributed by atoms with Gasteiger partial charge in [-0.3, -0.25) is 0 Å². The molecule has 0 radical (unpaired) electrons. The lowest BCUT2D eigenvalue weighted by molar-refractivity contribution is 0.164. The van der Waals surface area contributed by atoms with Crippen molar-refractivity contribution >= 4 is 11.6 Å². The van der Waals surface area contributed by atoms with Crippen molar-refractivity contribution in [1.82, 2.24) is 9.97 Å². The van der Waals surface area contributed by atoms with E-state index in [4.69, 9.17) is 10.5 Å². The molecule has 5 heteroatoms. The molecule has 3 N–H and O–H groups in total. The Labute approximate surface area is 83.7 Å². The highest BCUT2D eigenvalue weighted by Gasteiger charge is 2.01. The Morgan fingerprint density at radius 1 is 1.50 bits per heavy atom. The predicted octanol–water partition coefficient (Wildman–Crippen LogP) is 0.753. The fraction of sp³-hybridized carbons (Fsp3) is 0.556. The van der Waals surface area contributed by atoms with Gasteiger partial charge in [-0.05, 0) is 5.92 Å². The van der Waals surface area contributed by atoms with Gasteiger partial charge in [-0.15, -0.1) is 0 Å². The summed E-state index contributed by atoms with van der Waals surface area (Å²) in [6, 6.07) is 0.